The third-order valence-electron chi connectivity index (χ3n) is 2.62. The molecule has 0 saturated heterocycles. The minimum atomic E-state index is 0.636. The van der Waals surface area contributed by atoms with Crippen LogP contribution in [0.4, 0.5) is 0 Å². The third kappa shape index (κ3) is 3.89. The molecule has 2 rings (SSSR count). The van der Waals surface area contributed by atoms with Crippen molar-refractivity contribution in [2.45, 2.75) is 6.54 Å². The summed E-state index contributed by atoms with van der Waals surface area (Å²) in [7, 11) is 3.29. The van der Waals surface area contributed by atoms with Crippen LogP contribution in [0.1, 0.15) is 5.01 Å². The van der Waals surface area contributed by atoms with Crippen molar-refractivity contribution in [3.05, 3.63) is 28.2 Å². The molecular weight excluding hydrogens is 298 g/mol. The first-order chi connectivity index (χ1) is 9.74. The number of nitrogens with zero attached hydrogens (tertiary/aromatic N) is 2. The molecule has 0 saturated carbocycles. The van der Waals surface area contributed by atoms with E-state index in [1.807, 2.05) is 12.1 Å². The van der Waals surface area contributed by atoms with Crippen molar-refractivity contribution in [1.82, 2.24) is 15.5 Å². The van der Waals surface area contributed by atoms with Crippen LogP contribution in [0.15, 0.2) is 18.2 Å². The van der Waals surface area contributed by atoms with Gasteiger partial charge < -0.3 is 14.8 Å². The van der Waals surface area contributed by atoms with Crippen molar-refractivity contribution in [2.24, 2.45) is 0 Å². The van der Waals surface area contributed by atoms with Crippen LogP contribution < -0.4 is 10.1 Å². The minimum absolute atomic E-state index is 0.636. The second kappa shape index (κ2) is 7.54. The fourth-order valence-electron chi connectivity index (χ4n) is 1.65. The fraction of sp³-hybridized carbons (Fsp3) is 0.385. The topological polar surface area (TPSA) is 56.3 Å². The van der Waals surface area contributed by atoms with E-state index in [0.717, 1.165) is 22.1 Å². The zero-order valence-corrected chi connectivity index (χ0v) is 12.9. The van der Waals surface area contributed by atoms with Gasteiger partial charge >= 0.3 is 0 Å². The van der Waals surface area contributed by atoms with Gasteiger partial charge in [-0.25, -0.2) is 0 Å². The number of benzene rings is 1. The van der Waals surface area contributed by atoms with Crippen LogP contribution in [-0.2, 0) is 11.3 Å². The van der Waals surface area contributed by atoms with Gasteiger partial charge in [0.25, 0.3) is 0 Å². The third-order valence-corrected chi connectivity index (χ3v) is 3.81. The highest BCUT2D eigenvalue weighted by atomic mass is 35.5. The predicted octanol–water partition coefficient (Wildman–Crippen LogP) is 2.60. The van der Waals surface area contributed by atoms with Crippen molar-refractivity contribution in [1.29, 1.82) is 0 Å². The SMILES string of the molecule is COCCNCc1nnc(-c2ccc(Cl)cc2OC)s1. The average molecular weight is 314 g/mol. The van der Waals surface area contributed by atoms with Crippen LogP contribution in [0.3, 0.4) is 0 Å². The fourth-order valence-corrected chi connectivity index (χ4v) is 2.65. The van der Waals surface area contributed by atoms with E-state index < -0.39 is 0 Å². The lowest BCUT2D eigenvalue weighted by Gasteiger charge is -2.05. The van der Waals surface area contributed by atoms with Crippen LogP contribution >= 0.6 is 22.9 Å². The van der Waals surface area contributed by atoms with Gasteiger partial charge in [0.1, 0.15) is 10.8 Å². The highest BCUT2D eigenvalue weighted by Gasteiger charge is 2.12. The first kappa shape index (κ1) is 15.2. The second-order valence-corrected chi connectivity index (χ2v) is 5.51. The Labute approximate surface area is 126 Å². The number of halogens is 1. The average Bonchev–Trinajstić information content (AvgIpc) is 2.92. The van der Waals surface area contributed by atoms with E-state index in [1.54, 1.807) is 20.3 Å². The van der Waals surface area contributed by atoms with Crippen molar-refractivity contribution in [3.8, 4) is 16.3 Å². The monoisotopic (exact) mass is 313 g/mol. The molecule has 20 heavy (non-hydrogen) atoms. The van der Waals surface area contributed by atoms with Gasteiger partial charge in [-0.15, -0.1) is 10.2 Å². The molecule has 0 atom stereocenters. The molecule has 0 aliphatic heterocycles. The van der Waals surface area contributed by atoms with E-state index in [1.165, 1.54) is 11.3 Å². The number of hydrogen-bond donors (Lipinski definition) is 1. The van der Waals surface area contributed by atoms with Gasteiger partial charge in [-0.1, -0.05) is 22.9 Å². The first-order valence-electron chi connectivity index (χ1n) is 6.10. The molecule has 0 bridgehead atoms. The lowest BCUT2D eigenvalue weighted by Crippen LogP contribution is -2.18. The van der Waals surface area contributed by atoms with Gasteiger partial charge in [-0.3, -0.25) is 0 Å². The molecule has 108 valence electrons. The number of rotatable bonds is 7. The normalized spacial score (nSPS) is 10.8. The molecule has 1 heterocycles. The van der Waals surface area contributed by atoms with Crippen LogP contribution in [0.5, 0.6) is 5.75 Å². The predicted molar refractivity (Wildman–Crippen MR) is 80.5 cm³/mol. The zero-order chi connectivity index (χ0) is 14.4. The van der Waals surface area contributed by atoms with Crippen molar-refractivity contribution >= 4 is 22.9 Å². The smallest absolute Gasteiger partial charge is 0.151 e. The molecule has 0 aliphatic rings. The maximum Gasteiger partial charge on any atom is 0.151 e. The van der Waals surface area contributed by atoms with E-state index in [-0.39, 0.29) is 0 Å². The molecule has 5 nitrogen and oxygen atoms in total. The van der Waals surface area contributed by atoms with E-state index in [2.05, 4.69) is 15.5 Å². The van der Waals surface area contributed by atoms with E-state index in [0.29, 0.717) is 23.9 Å². The molecule has 0 unspecified atom stereocenters. The molecule has 1 aromatic carbocycles. The molecule has 0 radical (unpaired) electrons. The van der Waals surface area contributed by atoms with Crippen LogP contribution in [0, 0.1) is 0 Å². The van der Waals surface area contributed by atoms with Crippen LogP contribution in [0.25, 0.3) is 10.6 Å². The largest absolute Gasteiger partial charge is 0.496 e. The number of nitrogens with one attached hydrogen (secondary N) is 1. The summed E-state index contributed by atoms with van der Waals surface area (Å²) in [5.41, 5.74) is 0.901. The van der Waals surface area contributed by atoms with Gasteiger partial charge in [-0.05, 0) is 18.2 Å². The summed E-state index contributed by atoms with van der Waals surface area (Å²) in [5, 5.41) is 14.0. The van der Waals surface area contributed by atoms with Crippen LogP contribution in [0.2, 0.25) is 5.02 Å². The molecule has 7 heteroatoms. The van der Waals surface area contributed by atoms with E-state index >= 15 is 0 Å². The van der Waals surface area contributed by atoms with Crippen molar-refractivity contribution in [3.63, 3.8) is 0 Å². The summed E-state index contributed by atoms with van der Waals surface area (Å²) in [4.78, 5) is 0. The summed E-state index contributed by atoms with van der Waals surface area (Å²) in [5.74, 6) is 0.701. The highest BCUT2D eigenvalue weighted by Crippen LogP contribution is 2.33. The first-order valence-corrected chi connectivity index (χ1v) is 7.30. The molecular formula is C13H16ClN3O2S. The van der Waals surface area contributed by atoms with Crippen LogP contribution in [-0.4, -0.2) is 37.6 Å². The number of aromatic nitrogens is 2. The lowest BCUT2D eigenvalue weighted by atomic mass is 10.2. The molecule has 0 amide bonds. The molecule has 2 aromatic rings. The summed E-state index contributed by atoms with van der Waals surface area (Å²) >= 11 is 7.48. The van der Waals surface area contributed by atoms with Crippen molar-refractivity contribution < 1.29 is 9.47 Å². The van der Waals surface area contributed by atoms with Gasteiger partial charge in [0.05, 0.1) is 19.3 Å². The summed E-state index contributed by atoms with van der Waals surface area (Å²) in [6.45, 7) is 2.14. The summed E-state index contributed by atoms with van der Waals surface area (Å²) < 4.78 is 10.3. The highest BCUT2D eigenvalue weighted by molar-refractivity contribution is 7.14. The maximum absolute atomic E-state index is 5.95. The molecule has 0 aliphatic carbocycles. The van der Waals surface area contributed by atoms with Gasteiger partial charge in [0.15, 0.2) is 5.01 Å². The molecule has 0 spiro atoms. The Balaban J connectivity index is 2.08. The van der Waals surface area contributed by atoms with E-state index in [9.17, 15) is 0 Å². The molecule has 0 fully saturated rings. The standard InChI is InChI=1S/C13H16ClN3O2S/c1-18-6-5-15-8-12-16-17-13(20-12)10-4-3-9(14)7-11(10)19-2/h3-4,7,15H,5-6,8H2,1-2H3. The zero-order valence-electron chi connectivity index (χ0n) is 11.4. The van der Waals surface area contributed by atoms with Gasteiger partial charge in [0.2, 0.25) is 0 Å². The van der Waals surface area contributed by atoms with Gasteiger partial charge in [0, 0.05) is 25.2 Å². The Morgan fingerprint density at radius 3 is 2.90 bits per heavy atom. The number of methoxy groups -OCH3 is 2. The second-order valence-electron chi connectivity index (χ2n) is 4.02. The summed E-state index contributed by atoms with van der Waals surface area (Å²) in [6, 6.07) is 5.48. The quantitative estimate of drug-likeness (QED) is 0.796. The Morgan fingerprint density at radius 1 is 1.30 bits per heavy atom. The number of ether oxygens (including phenoxy) is 2. The Morgan fingerprint density at radius 2 is 2.15 bits per heavy atom. The van der Waals surface area contributed by atoms with E-state index in [4.69, 9.17) is 21.1 Å². The summed E-state index contributed by atoms with van der Waals surface area (Å²) in [6.07, 6.45) is 0. The van der Waals surface area contributed by atoms with Gasteiger partial charge in [-0.2, -0.15) is 0 Å². The Hall–Kier alpha value is -1.21. The minimum Gasteiger partial charge on any atom is -0.496 e. The number of hydrogen-bond acceptors (Lipinski definition) is 6. The lowest BCUT2D eigenvalue weighted by molar-refractivity contribution is 0.199. The molecule has 1 N–H and O–H groups in total. The Bertz CT molecular complexity index is 562. The maximum atomic E-state index is 5.95. The molecule has 1 aromatic heterocycles. The van der Waals surface area contributed by atoms with Crippen molar-refractivity contribution in [2.75, 3.05) is 27.4 Å². The Kier molecular flexibility index (Phi) is 5.72.